The first-order valence-corrected chi connectivity index (χ1v) is 25.7. The maximum Gasteiger partial charge on any atom is 1.00 e. The number of hydrogen-bond donors (Lipinski definition) is 3. The molecular formula is C30H39HgNaO7S. The topological polar surface area (TPSA) is 135 Å². The van der Waals surface area contributed by atoms with Gasteiger partial charge in [-0.15, -0.1) is 0 Å². The quantitative estimate of drug-likeness (QED) is 0.354. The van der Waals surface area contributed by atoms with Gasteiger partial charge in [-0.3, -0.25) is 9.59 Å². The first kappa shape index (κ1) is 34.4. The molecule has 4 aliphatic rings. The van der Waals surface area contributed by atoms with Crippen molar-refractivity contribution in [1.29, 1.82) is 0 Å². The molecule has 0 aromatic heterocycles. The van der Waals surface area contributed by atoms with Gasteiger partial charge in [-0.1, -0.05) is 19.4 Å². The molecular weight excluding hydrogens is 728 g/mol. The van der Waals surface area contributed by atoms with E-state index in [0.717, 1.165) is 30.6 Å². The number of Topliss-reactive ketones (excluding diaryl/α,β-unsaturated/α-hetero) is 1. The summed E-state index contributed by atoms with van der Waals surface area (Å²) in [4.78, 5) is 35.8. The van der Waals surface area contributed by atoms with Crippen LogP contribution in [0.5, 0.6) is 0 Å². The van der Waals surface area contributed by atoms with E-state index in [-0.39, 0.29) is 58.5 Å². The first-order chi connectivity index (χ1) is 18.4. The Bertz CT molecular complexity index is 1160. The van der Waals surface area contributed by atoms with Crippen molar-refractivity contribution < 1.29 is 87.4 Å². The molecule has 1 aromatic carbocycles. The van der Waals surface area contributed by atoms with E-state index in [4.69, 9.17) is 0 Å². The Kier molecular flexibility index (Phi) is 11.8. The van der Waals surface area contributed by atoms with Crippen molar-refractivity contribution in [2.24, 2.45) is 28.6 Å². The smallest absolute Gasteiger partial charge is 1.00 e. The number of aromatic carboxylic acids is 1. The Labute approximate surface area is 273 Å². The van der Waals surface area contributed by atoms with Crippen molar-refractivity contribution in [3.8, 4) is 0 Å². The number of benzene rings is 1. The molecule has 0 radical (unpaired) electrons. The summed E-state index contributed by atoms with van der Waals surface area (Å²) in [6.07, 6.45) is 5.74. The second-order valence-electron chi connectivity index (χ2n) is 12.2. The minimum Gasteiger partial charge on any atom is 1.00 e. The fraction of sp³-hybridized carbons (Fsp3) is 0.633. The van der Waals surface area contributed by atoms with E-state index in [2.05, 4.69) is 13.8 Å². The summed E-state index contributed by atoms with van der Waals surface area (Å²) in [7, 11) is 1.78. The zero-order valence-electron chi connectivity index (χ0n) is 24.2. The maximum absolute atomic E-state index is 12.4. The molecule has 10 heteroatoms. The van der Waals surface area contributed by atoms with Crippen LogP contribution >= 0.6 is 8.24 Å². The number of rotatable bonds is 6. The molecule has 5 rings (SSSR count). The molecule has 0 heterocycles. The zero-order valence-corrected chi connectivity index (χ0v) is 32.5. The SMILES string of the molecule is C[C@]12CCC(=O)C=C1CC[C@@H]1[C@@H]2[C@@H](O)C[C@@]2(C)[C@H]1CC[C@]2(O)C(=O)CO.C[CH2][Hg][S]c1ccccc1C(=O)[O-].[Na+]. The monoisotopic (exact) mass is 768 g/mol. The Morgan fingerprint density at radius 2 is 1.85 bits per heavy atom. The van der Waals surface area contributed by atoms with Gasteiger partial charge in [0, 0.05) is 11.8 Å². The van der Waals surface area contributed by atoms with E-state index in [9.17, 15) is 34.8 Å². The Balaban J connectivity index is 0.000000268. The fourth-order valence-corrected chi connectivity index (χ4v) is 17.0. The molecule has 0 amide bonds. The van der Waals surface area contributed by atoms with Crippen LogP contribution in [-0.4, -0.2) is 51.2 Å². The van der Waals surface area contributed by atoms with Crippen LogP contribution in [-0.2, 0) is 32.6 Å². The molecule has 7 atom stereocenters. The van der Waals surface area contributed by atoms with Crippen LogP contribution in [0.1, 0.15) is 76.1 Å². The predicted octanol–water partition coefficient (Wildman–Crippen LogP) is 0.364. The normalized spacial score (nSPS) is 35.9. The molecule has 7 nitrogen and oxygen atoms in total. The van der Waals surface area contributed by atoms with E-state index in [1.54, 1.807) is 26.5 Å². The number of carboxylic acids is 1. The number of allylic oxidation sites excluding steroid dienone is 1. The number of fused-ring (bicyclic) bond motifs is 5. The summed E-state index contributed by atoms with van der Waals surface area (Å²) in [6.45, 7) is 5.62. The fourth-order valence-electron chi connectivity index (χ4n) is 8.25. The number of hydrogen-bond acceptors (Lipinski definition) is 8. The van der Waals surface area contributed by atoms with Crippen LogP contribution < -0.4 is 34.7 Å². The average Bonchev–Trinajstić information content (AvgIpc) is 3.18. The third-order valence-electron chi connectivity index (χ3n) is 10.2. The van der Waals surface area contributed by atoms with Gasteiger partial charge in [-0.25, -0.2) is 0 Å². The van der Waals surface area contributed by atoms with Crippen LogP contribution in [0.4, 0.5) is 0 Å². The molecule has 3 fully saturated rings. The average molecular weight is 767 g/mol. The second kappa shape index (κ2) is 13.7. The molecule has 3 saturated carbocycles. The van der Waals surface area contributed by atoms with E-state index in [1.807, 2.05) is 19.1 Å². The standard InChI is InChI=1S/C21H30O5.C7H6O2S.C2H5.Hg.Na/c1-19-7-5-13(23)9-12(19)3-4-14-15-6-8-21(26,17(25)11-22)20(15,2)10-16(24)18(14)19;8-7(9)5-3-1-2-4-6(5)10;1-2;;/h9,14-16,18,22,24,26H,3-8,10-11H2,1-2H3;1-4,10H,(H,8,9);1H2,2H3;;/q;;;2*+1/p-2/t14-,15-,16-,18+,19-,20-,21-;;;;/m0..../s1. The maximum atomic E-state index is 12.4. The van der Waals surface area contributed by atoms with Crippen molar-refractivity contribution in [2.45, 2.75) is 86.2 Å². The van der Waals surface area contributed by atoms with Crippen LogP contribution in [0.3, 0.4) is 0 Å². The van der Waals surface area contributed by atoms with E-state index < -0.39 is 58.5 Å². The van der Waals surface area contributed by atoms with Crippen LogP contribution in [0.25, 0.3) is 0 Å². The predicted molar refractivity (Wildman–Crippen MR) is 142 cm³/mol. The third kappa shape index (κ3) is 6.12. The van der Waals surface area contributed by atoms with Gasteiger partial charge in [0.1, 0.15) is 12.2 Å². The van der Waals surface area contributed by atoms with Gasteiger partial charge in [-0.05, 0) is 67.8 Å². The summed E-state index contributed by atoms with van der Waals surface area (Å²) in [6, 6.07) is 7.09. The molecule has 0 spiro atoms. The van der Waals surface area contributed by atoms with Crippen molar-refractivity contribution in [2.75, 3.05) is 6.61 Å². The second-order valence-corrected chi connectivity index (χ2v) is 25.3. The molecule has 0 aliphatic heterocycles. The van der Waals surface area contributed by atoms with Gasteiger partial charge in [0.2, 0.25) is 0 Å². The first-order valence-electron chi connectivity index (χ1n) is 14.1. The number of aliphatic hydroxyl groups is 3. The molecule has 0 bridgehead atoms. The number of carboxylic acid groups (broad SMARTS) is 1. The summed E-state index contributed by atoms with van der Waals surface area (Å²) < 4.78 is 1.26. The van der Waals surface area contributed by atoms with Crippen molar-refractivity contribution in [3.63, 3.8) is 0 Å². The molecule has 3 N–H and O–H groups in total. The third-order valence-corrected chi connectivity index (χ3v) is 22.3. The van der Waals surface area contributed by atoms with Crippen molar-refractivity contribution in [3.05, 3.63) is 41.5 Å². The molecule has 40 heavy (non-hydrogen) atoms. The van der Waals surface area contributed by atoms with E-state index >= 15 is 0 Å². The Morgan fingerprint density at radius 1 is 1.15 bits per heavy atom. The van der Waals surface area contributed by atoms with Gasteiger partial charge in [-0.2, -0.15) is 0 Å². The van der Waals surface area contributed by atoms with Gasteiger partial charge < -0.3 is 15.3 Å². The largest absolute Gasteiger partial charge is 1.00 e. The number of carbonyl (C=O) groups is 3. The Morgan fingerprint density at radius 3 is 2.50 bits per heavy atom. The number of ketones is 2. The van der Waals surface area contributed by atoms with Gasteiger partial charge in [0.15, 0.2) is 11.6 Å². The van der Waals surface area contributed by atoms with Crippen molar-refractivity contribution >= 4 is 25.8 Å². The van der Waals surface area contributed by atoms with Crippen LogP contribution in [0.15, 0.2) is 40.8 Å². The zero-order chi connectivity index (χ0) is 28.6. The van der Waals surface area contributed by atoms with Crippen LogP contribution in [0.2, 0.25) is 3.93 Å². The number of carbonyl (C=O) groups excluding carboxylic acids is 3. The number of aliphatic hydroxyl groups excluding tert-OH is 2. The summed E-state index contributed by atoms with van der Waals surface area (Å²) in [5.41, 5.74) is -0.884. The van der Waals surface area contributed by atoms with E-state index in [1.165, 1.54) is 9.50 Å². The van der Waals surface area contributed by atoms with Gasteiger partial charge in [0.05, 0.1) is 6.10 Å². The molecule has 0 unspecified atom stereocenters. The summed E-state index contributed by atoms with van der Waals surface area (Å²) in [5, 5.41) is 42.4. The molecule has 1 aromatic rings. The van der Waals surface area contributed by atoms with Gasteiger partial charge >= 0.3 is 122 Å². The minimum absolute atomic E-state index is 0. The Hall–Kier alpha value is -0.0649. The van der Waals surface area contributed by atoms with E-state index in [0.29, 0.717) is 24.8 Å². The minimum atomic E-state index is -1.54. The van der Waals surface area contributed by atoms with Gasteiger partial charge in [0.25, 0.3) is 0 Å². The molecule has 210 valence electrons. The summed E-state index contributed by atoms with van der Waals surface area (Å²) >= 11 is -0.888. The van der Waals surface area contributed by atoms with Crippen LogP contribution in [0, 0.1) is 28.6 Å². The molecule has 0 saturated heterocycles. The molecule has 4 aliphatic carbocycles. The van der Waals surface area contributed by atoms with Crippen molar-refractivity contribution in [1.82, 2.24) is 0 Å². The summed E-state index contributed by atoms with van der Waals surface area (Å²) in [5.74, 6) is -0.922.